The number of carbonyl (C=O) groups excluding carboxylic acids is 2. The summed E-state index contributed by atoms with van der Waals surface area (Å²) in [5, 5.41) is 2.96. The average molecular weight is 329 g/mol. The Morgan fingerprint density at radius 3 is 2.67 bits per heavy atom. The van der Waals surface area contributed by atoms with Gasteiger partial charge in [-0.05, 0) is 43.9 Å². The third-order valence-electron chi connectivity index (χ3n) is 5.02. The first kappa shape index (κ1) is 17.0. The van der Waals surface area contributed by atoms with Crippen LogP contribution < -0.4 is 5.32 Å². The Labute approximate surface area is 144 Å². The maximum Gasteiger partial charge on any atom is 0.238 e. The van der Waals surface area contributed by atoms with Gasteiger partial charge < -0.3 is 10.2 Å². The van der Waals surface area contributed by atoms with Crippen molar-refractivity contribution in [3.05, 3.63) is 29.8 Å². The first-order valence-corrected chi connectivity index (χ1v) is 8.99. The molecule has 1 saturated heterocycles. The van der Waals surface area contributed by atoms with E-state index in [4.69, 9.17) is 0 Å². The maximum atomic E-state index is 12.4. The van der Waals surface area contributed by atoms with Crippen LogP contribution in [0.1, 0.15) is 31.2 Å². The molecule has 2 aliphatic rings. The summed E-state index contributed by atoms with van der Waals surface area (Å²) in [5.41, 5.74) is 1.98. The van der Waals surface area contributed by atoms with Crippen LogP contribution in [0.5, 0.6) is 0 Å². The molecule has 1 aromatic carbocycles. The highest BCUT2D eigenvalue weighted by molar-refractivity contribution is 5.92. The number of carbonyl (C=O) groups is 2. The van der Waals surface area contributed by atoms with Gasteiger partial charge in [-0.25, -0.2) is 0 Å². The smallest absolute Gasteiger partial charge is 0.238 e. The van der Waals surface area contributed by atoms with E-state index in [0.717, 1.165) is 56.7 Å². The fourth-order valence-electron chi connectivity index (χ4n) is 3.39. The molecule has 0 atom stereocenters. The number of aryl methyl sites for hydroxylation is 1. The van der Waals surface area contributed by atoms with Gasteiger partial charge in [0.05, 0.1) is 6.54 Å². The molecule has 1 saturated carbocycles. The SMILES string of the molecule is Cc1cccc(NC(=O)CN2CCCN(C(=O)C3CCC3)CC2)c1. The summed E-state index contributed by atoms with van der Waals surface area (Å²) in [5.74, 6) is 0.604. The molecular weight excluding hydrogens is 302 g/mol. The highest BCUT2D eigenvalue weighted by atomic mass is 16.2. The third-order valence-corrected chi connectivity index (χ3v) is 5.02. The lowest BCUT2D eigenvalue weighted by atomic mass is 9.84. The van der Waals surface area contributed by atoms with Gasteiger partial charge in [0.1, 0.15) is 0 Å². The van der Waals surface area contributed by atoms with Crippen LogP contribution in [0.25, 0.3) is 0 Å². The van der Waals surface area contributed by atoms with E-state index in [1.807, 2.05) is 36.1 Å². The van der Waals surface area contributed by atoms with Gasteiger partial charge in [-0.1, -0.05) is 18.6 Å². The van der Waals surface area contributed by atoms with E-state index in [2.05, 4.69) is 10.2 Å². The van der Waals surface area contributed by atoms with E-state index in [1.54, 1.807) is 0 Å². The topological polar surface area (TPSA) is 52.7 Å². The first-order chi connectivity index (χ1) is 11.6. The van der Waals surface area contributed by atoms with Gasteiger partial charge in [-0.15, -0.1) is 0 Å². The van der Waals surface area contributed by atoms with Crippen molar-refractivity contribution in [3.8, 4) is 0 Å². The molecule has 0 aromatic heterocycles. The molecule has 1 aliphatic heterocycles. The van der Waals surface area contributed by atoms with Crippen molar-refractivity contribution in [3.63, 3.8) is 0 Å². The maximum absolute atomic E-state index is 12.4. The van der Waals surface area contributed by atoms with Crippen molar-refractivity contribution in [2.45, 2.75) is 32.6 Å². The van der Waals surface area contributed by atoms with E-state index in [0.29, 0.717) is 12.5 Å². The van der Waals surface area contributed by atoms with Gasteiger partial charge in [0.2, 0.25) is 11.8 Å². The molecule has 0 unspecified atom stereocenters. The highest BCUT2D eigenvalue weighted by Gasteiger charge is 2.30. The van der Waals surface area contributed by atoms with Crippen LogP contribution in [0.3, 0.4) is 0 Å². The molecule has 1 aliphatic carbocycles. The quantitative estimate of drug-likeness (QED) is 0.922. The van der Waals surface area contributed by atoms with E-state index in [-0.39, 0.29) is 11.8 Å². The number of amides is 2. The summed E-state index contributed by atoms with van der Waals surface area (Å²) >= 11 is 0. The summed E-state index contributed by atoms with van der Waals surface area (Å²) in [4.78, 5) is 28.8. The van der Waals surface area contributed by atoms with Crippen LogP contribution >= 0.6 is 0 Å². The normalized spacial score (nSPS) is 19.5. The second-order valence-electron chi connectivity index (χ2n) is 7.00. The summed E-state index contributed by atoms with van der Waals surface area (Å²) in [7, 11) is 0. The summed E-state index contributed by atoms with van der Waals surface area (Å²) < 4.78 is 0. The zero-order valence-corrected chi connectivity index (χ0v) is 14.5. The van der Waals surface area contributed by atoms with Crippen molar-refractivity contribution in [2.75, 3.05) is 38.0 Å². The van der Waals surface area contributed by atoms with Crippen molar-refractivity contribution < 1.29 is 9.59 Å². The van der Waals surface area contributed by atoms with Crippen LogP contribution in [0.4, 0.5) is 5.69 Å². The van der Waals surface area contributed by atoms with Crippen LogP contribution in [0, 0.1) is 12.8 Å². The summed E-state index contributed by atoms with van der Waals surface area (Å²) in [6, 6.07) is 7.84. The van der Waals surface area contributed by atoms with Gasteiger partial charge >= 0.3 is 0 Å². The molecule has 24 heavy (non-hydrogen) atoms. The molecule has 2 fully saturated rings. The predicted octanol–water partition coefficient (Wildman–Crippen LogP) is 2.27. The lowest BCUT2D eigenvalue weighted by Crippen LogP contribution is -2.41. The van der Waals surface area contributed by atoms with Crippen molar-refractivity contribution >= 4 is 17.5 Å². The largest absolute Gasteiger partial charge is 0.341 e. The minimum Gasteiger partial charge on any atom is -0.341 e. The summed E-state index contributed by atoms with van der Waals surface area (Å²) in [6.45, 7) is 5.62. The second-order valence-corrected chi connectivity index (χ2v) is 7.00. The van der Waals surface area contributed by atoms with E-state index in [9.17, 15) is 9.59 Å². The Bertz CT molecular complexity index is 598. The van der Waals surface area contributed by atoms with Crippen molar-refractivity contribution in [2.24, 2.45) is 5.92 Å². The Hall–Kier alpha value is -1.88. The highest BCUT2D eigenvalue weighted by Crippen LogP contribution is 2.28. The molecule has 1 heterocycles. The Morgan fingerprint density at radius 1 is 1.12 bits per heavy atom. The van der Waals surface area contributed by atoms with Crippen LogP contribution in [0.2, 0.25) is 0 Å². The molecule has 1 aromatic rings. The first-order valence-electron chi connectivity index (χ1n) is 8.99. The summed E-state index contributed by atoms with van der Waals surface area (Å²) in [6.07, 6.45) is 4.24. The standard InChI is InChI=1S/C19H27N3O2/c1-15-5-2-8-17(13-15)20-18(23)14-21-9-4-10-22(12-11-21)19(24)16-6-3-7-16/h2,5,8,13,16H,3-4,6-7,9-12,14H2,1H3,(H,20,23). The minimum atomic E-state index is 0.0133. The number of benzene rings is 1. The third kappa shape index (κ3) is 4.35. The number of nitrogens with zero attached hydrogens (tertiary/aromatic N) is 2. The lowest BCUT2D eigenvalue weighted by molar-refractivity contribution is -0.138. The molecule has 2 amide bonds. The molecule has 5 nitrogen and oxygen atoms in total. The molecule has 0 bridgehead atoms. The molecule has 0 radical (unpaired) electrons. The fraction of sp³-hybridized carbons (Fsp3) is 0.579. The number of anilines is 1. The molecule has 5 heteroatoms. The number of nitrogens with one attached hydrogen (secondary N) is 1. The van der Waals surface area contributed by atoms with Crippen molar-refractivity contribution in [1.82, 2.24) is 9.80 Å². The van der Waals surface area contributed by atoms with Gasteiger partial charge in [-0.3, -0.25) is 14.5 Å². The van der Waals surface area contributed by atoms with Gasteiger partial charge in [-0.2, -0.15) is 0 Å². The molecule has 3 rings (SSSR count). The Morgan fingerprint density at radius 2 is 1.96 bits per heavy atom. The van der Waals surface area contributed by atoms with Crippen LogP contribution in [-0.2, 0) is 9.59 Å². The minimum absolute atomic E-state index is 0.0133. The molecule has 130 valence electrons. The second kappa shape index (κ2) is 7.79. The fourth-order valence-corrected chi connectivity index (χ4v) is 3.39. The molecule has 1 N–H and O–H groups in total. The van der Waals surface area contributed by atoms with Crippen LogP contribution in [-0.4, -0.2) is 54.3 Å². The number of hydrogen-bond donors (Lipinski definition) is 1. The Balaban J connectivity index is 1.47. The Kier molecular flexibility index (Phi) is 5.51. The van der Waals surface area contributed by atoms with Gasteiger partial charge in [0.25, 0.3) is 0 Å². The number of hydrogen-bond acceptors (Lipinski definition) is 3. The average Bonchev–Trinajstić information content (AvgIpc) is 2.71. The van der Waals surface area contributed by atoms with Gasteiger partial charge in [0, 0.05) is 37.8 Å². The van der Waals surface area contributed by atoms with Crippen LogP contribution in [0.15, 0.2) is 24.3 Å². The monoisotopic (exact) mass is 329 g/mol. The zero-order valence-electron chi connectivity index (χ0n) is 14.5. The lowest BCUT2D eigenvalue weighted by Gasteiger charge is -2.31. The molecule has 0 spiro atoms. The van der Waals surface area contributed by atoms with E-state index < -0.39 is 0 Å². The number of rotatable bonds is 4. The zero-order chi connectivity index (χ0) is 16.9. The van der Waals surface area contributed by atoms with Gasteiger partial charge in [0.15, 0.2) is 0 Å². The van der Waals surface area contributed by atoms with Crippen molar-refractivity contribution in [1.29, 1.82) is 0 Å². The van der Waals surface area contributed by atoms with E-state index in [1.165, 1.54) is 6.42 Å². The molecular formula is C19H27N3O2. The predicted molar refractivity (Wildman–Crippen MR) is 94.8 cm³/mol. The van der Waals surface area contributed by atoms with E-state index >= 15 is 0 Å².